The van der Waals surface area contributed by atoms with E-state index in [0.29, 0.717) is 0 Å². The minimum atomic E-state index is 0.0347. The Balaban J connectivity index is 3.25. The fourth-order valence-electron chi connectivity index (χ4n) is 1.04. The Morgan fingerprint density at radius 1 is 1.27 bits per heavy atom. The number of aliphatic hydroxyl groups excluding tert-OH is 1. The first-order valence-corrected chi connectivity index (χ1v) is 3.69. The number of aliphatic hydroxyl groups is 1. The predicted molar refractivity (Wildman–Crippen MR) is 44.4 cm³/mol. The molecule has 60 valence electrons. The van der Waals surface area contributed by atoms with Crippen LogP contribution in [0.1, 0.15) is 22.4 Å². The highest BCUT2D eigenvalue weighted by Crippen LogP contribution is 2.13. The number of hydrogen-bond acceptors (Lipinski definition) is 2. The van der Waals surface area contributed by atoms with Crippen molar-refractivity contribution in [2.75, 3.05) is 0 Å². The van der Waals surface area contributed by atoms with Crippen molar-refractivity contribution in [3.63, 3.8) is 0 Å². The van der Waals surface area contributed by atoms with Crippen LogP contribution in [0.5, 0.6) is 0 Å². The second-order valence-corrected chi connectivity index (χ2v) is 2.80. The van der Waals surface area contributed by atoms with Crippen LogP contribution in [0.4, 0.5) is 0 Å². The van der Waals surface area contributed by atoms with E-state index in [4.69, 9.17) is 5.11 Å². The van der Waals surface area contributed by atoms with Gasteiger partial charge in [-0.3, -0.25) is 4.98 Å². The molecule has 1 N–H and O–H groups in total. The van der Waals surface area contributed by atoms with E-state index in [1.165, 1.54) is 11.1 Å². The number of aryl methyl sites for hydroxylation is 1. The summed E-state index contributed by atoms with van der Waals surface area (Å²) in [7, 11) is 0. The van der Waals surface area contributed by atoms with Crippen molar-refractivity contribution in [3.05, 3.63) is 28.6 Å². The van der Waals surface area contributed by atoms with Crippen LogP contribution >= 0.6 is 0 Å². The van der Waals surface area contributed by atoms with Gasteiger partial charge in [0.05, 0.1) is 12.3 Å². The molecule has 1 aromatic heterocycles. The van der Waals surface area contributed by atoms with Crippen LogP contribution < -0.4 is 0 Å². The highest BCUT2D eigenvalue weighted by atomic mass is 16.3. The Morgan fingerprint density at radius 2 is 1.91 bits per heavy atom. The highest BCUT2D eigenvalue weighted by molar-refractivity contribution is 5.33. The SMILES string of the molecule is Cc1cnc(CO)c(C)c1C. The highest BCUT2D eigenvalue weighted by Gasteiger charge is 2.02. The van der Waals surface area contributed by atoms with Gasteiger partial charge in [0.15, 0.2) is 0 Å². The fourth-order valence-corrected chi connectivity index (χ4v) is 1.04. The molecule has 0 fully saturated rings. The normalized spacial score (nSPS) is 10.2. The lowest BCUT2D eigenvalue weighted by Crippen LogP contribution is -1.97. The van der Waals surface area contributed by atoms with Crippen molar-refractivity contribution in [2.45, 2.75) is 27.4 Å². The van der Waals surface area contributed by atoms with Crippen LogP contribution in [0.15, 0.2) is 6.20 Å². The monoisotopic (exact) mass is 151 g/mol. The third-order valence-corrected chi connectivity index (χ3v) is 2.15. The Kier molecular flexibility index (Phi) is 2.25. The molecule has 0 amide bonds. The quantitative estimate of drug-likeness (QED) is 0.659. The molecule has 0 aliphatic rings. The first kappa shape index (κ1) is 8.21. The summed E-state index contributed by atoms with van der Waals surface area (Å²) >= 11 is 0. The Morgan fingerprint density at radius 3 is 2.45 bits per heavy atom. The van der Waals surface area contributed by atoms with E-state index in [0.717, 1.165) is 11.3 Å². The average molecular weight is 151 g/mol. The van der Waals surface area contributed by atoms with Crippen molar-refractivity contribution >= 4 is 0 Å². The van der Waals surface area contributed by atoms with E-state index in [9.17, 15) is 0 Å². The van der Waals surface area contributed by atoms with Crippen LogP contribution in [0.3, 0.4) is 0 Å². The van der Waals surface area contributed by atoms with E-state index < -0.39 is 0 Å². The molecule has 0 atom stereocenters. The lowest BCUT2D eigenvalue weighted by Gasteiger charge is -2.06. The Bertz CT molecular complexity index is 269. The molecule has 1 heterocycles. The average Bonchev–Trinajstić information content (AvgIpc) is 2.01. The van der Waals surface area contributed by atoms with Crippen LogP contribution in [0.25, 0.3) is 0 Å². The van der Waals surface area contributed by atoms with Gasteiger partial charge in [-0.15, -0.1) is 0 Å². The van der Waals surface area contributed by atoms with Crippen molar-refractivity contribution < 1.29 is 5.11 Å². The van der Waals surface area contributed by atoms with Crippen molar-refractivity contribution in [1.29, 1.82) is 0 Å². The summed E-state index contributed by atoms with van der Waals surface area (Å²) in [5, 5.41) is 8.87. The zero-order chi connectivity index (χ0) is 8.43. The largest absolute Gasteiger partial charge is 0.390 e. The molecule has 0 spiro atoms. The van der Waals surface area contributed by atoms with Gasteiger partial charge < -0.3 is 5.11 Å². The van der Waals surface area contributed by atoms with E-state index in [1.807, 2.05) is 20.8 Å². The molecule has 0 unspecified atom stereocenters. The van der Waals surface area contributed by atoms with Crippen LogP contribution in [0, 0.1) is 20.8 Å². The second kappa shape index (κ2) is 3.01. The first-order chi connectivity index (χ1) is 5.16. The number of rotatable bonds is 1. The van der Waals surface area contributed by atoms with E-state index in [2.05, 4.69) is 4.98 Å². The fraction of sp³-hybridized carbons (Fsp3) is 0.444. The molecule has 11 heavy (non-hydrogen) atoms. The van der Waals surface area contributed by atoms with E-state index >= 15 is 0 Å². The van der Waals surface area contributed by atoms with Crippen LogP contribution in [-0.4, -0.2) is 10.1 Å². The molecule has 0 aliphatic heterocycles. The van der Waals surface area contributed by atoms with Gasteiger partial charge in [0.1, 0.15) is 0 Å². The summed E-state index contributed by atoms with van der Waals surface area (Å²) in [5.74, 6) is 0. The van der Waals surface area contributed by atoms with Gasteiger partial charge in [-0.1, -0.05) is 0 Å². The summed E-state index contributed by atoms with van der Waals surface area (Å²) in [6.45, 7) is 6.09. The van der Waals surface area contributed by atoms with Gasteiger partial charge >= 0.3 is 0 Å². The predicted octanol–water partition coefficient (Wildman–Crippen LogP) is 1.50. The van der Waals surface area contributed by atoms with Gasteiger partial charge in [0, 0.05) is 6.20 Å². The van der Waals surface area contributed by atoms with Gasteiger partial charge in [-0.25, -0.2) is 0 Å². The third-order valence-electron chi connectivity index (χ3n) is 2.15. The van der Waals surface area contributed by atoms with Gasteiger partial charge in [-0.05, 0) is 37.5 Å². The summed E-state index contributed by atoms with van der Waals surface area (Å²) in [6.07, 6.45) is 1.80. The standard InChI is InChI=1S/C9H13NO/c1-6-4-10-9(5-11)8(3)7(6)2/h4,11H,5H2,1-3H3. The second-order valence-electron chi connectivity index (χ2n) is 2.80. The first-order valence-electron chi connectivity index (χ1n) is 3.69. The number of nitrogens with zero attached hydrogens (tertiary/aromatic N) is 1. The lowest BCUT2D eigenvalue weighted by molar-refractivity contribution is 0.276. The minimum absolute atomic E-state index is 0.0347. The molecular weight excluding hydrogens is 138 g/mol. The Labute approximate surface area is 66.9 Å². The van der Waals surface area contributed by atoms with E-state index in [1.54, 1.807) is 6.20 Å². The van der Waals surface area contributed by atoms with Gasteiger partial charge in [0.25, 0.3) is 0 Å². The smallest absolute Gasteiger partial charge is 0.0855 e. The molecule has 0 bridgehead atoms. The maximum Gasteiger partial charge on any atom is 0.0855 e. The number of hydrogen-bond donors (Lipinski definition) is 1. The molecule has 0 aromatic carbocycles. The topological polar surface area (TPSA) is 33.1 Å². The maximum absolute atomic E-state index is 8.87. The van der Waals surface area contributed by atoms with E-state index in [-0.39, 0.29) is 6.61 Å². The number of aromatic nitrogens is 1. The zero-order valence-corrected chi connectivity index (χ0v) is 7.18. The van der Waals surface area contributed by atoms with Crippen molar-refractivity contribution in [1.82, 2.24) is 4.98 Å². The van der Waals surface area contributed by atoms with Crippen molar-refractivity contribution in [3.8, 4) is 0 Å². The number of pyridine rings is 1. The van der Waals surface area contributed by atoms with Crippen molar-refractivity contribution in [2.24, 2.45) is 0 Å². The molecule has 0 aliphatic carbocycles. The zero-order valence-electron chi connectivity index (χ0n) is 7.18. The Hall–Kier alpha value is -0.890. The summed E-state index contributed by atoms with van der Waals surface area (Å²) < 4.78 is 0. The molecular formula is C9H13NO. The molecule has 1 rings (SSSR count). The molecule has 0 radical (unpaired) electrons. The summed E-state index contributed by atoms with van der Waals surface area (Å²) in [5.41, 5.74) is 4.30. The third kappa shape index (κ3) is 1.40. The summed E-state index contributed by atoms with van der Waals surface area (Å²) in [4.78, 5) is 4.11. The molecule has 2 nitrogen and oxygen atoms in total. The van der Waals surface area contributed by atoms with Crippen LogP contribution in [-0.2, 0) is 6.61 Å². The molecule has 0 saturated heterocycles. The molecule has 1 aromatic rings. The maximum atomic E-state index is 8.87. The van der Waals surface area contributed by atoms with Gasteiger partial charge in [-0.2, -0.15) is 0 Å². The van der Waals surface area contributed by atoms with Gasteiger partial charge in [0.2, 0.25) is 0 Å². The van der Waals surface area contributed by atoms with Crippen LogP contribution in [0.2, 0.25) is 0 Å². The minimum Gasteiger partial charge on any atom is -0.390 e. The lowest BCUT2D eigenvalue weighted by atomic mass is 10.1. The molecule has 2 heteroatoms. The summed E-state index contributed by atoms with van der Waals surface area (Å²) in [6, 6.07) is 0. The molecule has 0 saturated carbocycles.